The fourth-order valence-corrected chi connectivity index (χ4v) is 1.63. The molecular weight excluding hydrogens is 254 g/mol. The number of anilines is 2. The molecule has 2 aromatic rings. The predicted octanol–water partition coefficient (Wildman–Crippen LogP) is 3.70. The SMILES string of the molecule is Cc1ccc([N+](=O)[O-])cc1Nc1ncccc1Cl. The molecule has 5 nitrogen and oxygen atoms in total. The van der Waals surface area contributed by atoms with Crippen LogP contribution in [0, 0.1) is 17.0 Å². The van der Waals surface area contributed by atoms with Gasteiger partial charge in [0, 0.05) is 24.0 Å². The van der Waals surface area contributed by atoms with Gasteiger partial charge in [-0.3, -0.25) is 10.1 Å². The van der Waals surface area contributed by atoms with Crippen LogP contribution in [-0.2, 0) is 0 Å². The molecule has 0 saturated carbocycles. The molecule has 0 unspecified atom stereocenters. The van der Waals surface area contributed by atoms with Crippen molar-refractivity contribution < 1.29 is 4.92 Å². The van der Waals surface area contributed by atoms with E-state index in [-0.39, 0.29) is 5.69 Å². The average molecular weight is 264 g/mol. The smallest absolute Gasteiger partial charge is 0.271 e. The lowest BCUT2D eigenvalue weighted by Crippen LogP contribution is -1.97. The van der Waals surface area contributed by atoms with Gasteiger partial charge in [-0.1, -0.05) is 17.7 Å². The van der Waals surface area contributed by atoms with Crippen LogP contribution in [0.4, 0.5) is 17.2 Å². The normalized spacial score (nSPS) is 10.1. The Morgan fingerprint density at radius 1 is 1.39 bits per heavy atom. The lowest BCUT2D eigenvalue weighted by atomic mass is 10.2. The van der Waals surface area contributed by atoms with Crippen molar-refractivity contribution in [3.8, 4) is 0 Å². The van der Waals surface area contributed by atoms with Crippen LogP contribution in [0.2, 0.25) is 5.02 Å². The summed E-state index contributed by atoms with van der Waals surface area (Å²) in [5, 5.41) is 14.2. The number of rotatable bonds is 3. The molecule has 0 aliphatic rings. The van der Waals surface area contributed by atoms with Gasteiger partial charge < -0.3 is 5.32 Å². The Bertz CT molecular complexity index is 602. The summed E-state index contributed by atoms with van der Waals surface area (Å²) < 4.78 is 0. The van der Waals surface area contributed by atoms with Crippen LogP contribution in [-0.4, -0.2) is 9.91 Å². The Labute approximate surface area is 109 Å². The number of nitro benzene ring substituents is 1. The zero-order chi connectivity index (χ0) is 13.1. The molecule has 1 aromatic heterocycles. The molecule has 1 aromatic carbocycles. The van der Waals surface area contributed by atoms with Crippen molar-refractivity contribution in [1.82, 2.24) is 4.98 Å². The molecule has 2 rings (SSSR count). The summed E-state index contributed by atoms with van der Waals surface area (Å²) >= 11 is 5.97. The number of benzene rings is 1. The highest BCUT2D eigenvalue weighted by atomic mass is 35.5. The van der Waals surface area contributed by atoms with Gasteiger partial charge in [0.1, 0.15) is 5.82 Å². The summed E-state index contributed by atoms with van der Waals surface area (Å²) in [6.45, 7) is 1.85. The van der Waals surface area contributed by atoms with Gasteiger partial charge >= 0.3 is 0 Å². The molecule has 0 bridgehead atoms. The second-order valence-corrected chi connectivity index (χ2v) is 4.12. The van der Waals surface area contributed by atoms with Gasteiger partial charge in [0.25, 0.3) is 5.69 Å². The summed E-state index contributed by atoms with van der Waals surface area (Å²) in [4.78, 5) is 14.4. The Kier molecular flexibility index (Phi) is 3.43. The zero-order valence-electron chi connectivity index (χ0n) is 9.55. The van der Waals surface area contributed by atoms with Crippen LogP contribution < -0.4 is 5.32 Å². The third-order valence-electron chi connectivity index (χ3n) is 2.44. The van der Waals surface area contributed by atoms with Crippen molar-refractivity contribution in [2.24, 2.45) is 0 Å². The molecule has 0 atom stereocenters. The van der Waals surface area contributed by atoms with Crippen LogP contribution in [0.1, 0.15) is 5.56 Å². The van der Waals surface area contributed by atoms with Crippen LogP contribution in [0.15, 0.2) is 36.5 Å². The molecule has 0 aliphatic carbocycles. The largest absolute Gasteiger partial charge is 0.339 e. The number of nitrogens with zero attached hydrogens (tertiary/aromatic N) is 2. The number of pyridine rings is 1. The van der Waals surface area contributed by atoms with Crippen LogP contribution in [0.5, 0.6) is 0 Å². The second-order valence-electron chi connectivity index (χ2n) is 3.72. The summed E-state index contributed by atoms with van der Waals surface area (Å²) in [5.74, 6) is 0.475. The Balaban J connectivity index is 2.37. The first-order chi connectivity index (χ1) is 8.58. The van der Waals surface area contributed by atoms with Crippen molar-refractivity contribution in [1.29, 1.82) is 0 Å². The molecule has 0 aliphatic heterocycles. The minimum absolute atomic E-state index is 0.0233. The minimum Gasteiger partial charge on any atom is -0.339 e. The van der Waals surface area contributed by atoms with Gasteiger partial charge in [0.2, 0.25) is 0 Å². The van der Waals surface area contributed by atoms with Crippen molar-refractivity contribution in [3.05, 3.63) is 57.2 Å². The number of halogens is 1. The molecule has 18 heavy (non-hydrogen) atoms. The maximum absolute atomic E-state index is 10.7. The van der Waals surface area contributed by atoms with Crippen LogP contribution in [0.3, 0.4) is 0 Å². The Morgan fingerprint density at radius 2 is 2.17 bits per heavy atom. The molecule has 6 heteroatoms. The number of non-ortho nitro benzene ring substituents is 1. The van der Waals surface area contributed by atoms with Crippen molar-refractivity contribution in [2.45, 2.75) is 6.92 Å². The lowest BCUT2D eigenvalue weighted by molar-refractivity contribution is -0.384. The van der Waals surface area contributed by atoms with Gasteiger partial charge in [0.15, 0.2) is 0 Å². The highest BCUT2D eigenvalue weighted by molar-refractivity contribution is 6.33. The monoisotopic (exact) mass is 263 g/mol. The molecule has 1 heterocycles. The number of hydrogen-bond acceptors (Lipinski definition) is 4. The molecular formula is C12H10ClN3O2. The van der Waals surface area contributed by atoms with Crippen molar-refractivity contribution in [3.63, 3.8) is 0 Å². The van der Waals surface area contributed by atoms with E-state index in [1.54, 1.807) is 24.4 Å². The van der Waals surface area contributed by atoms with E-state index in [0.717, 1.165) is 5.56 Å². The van der Waals surface area contributed by atoms with E-state index in [0.29, 0.717) is 16.5 Å². The molecule has 0 saturated heterocycles. The van der Waals surface area contributed by atoms with E-state index in [2.05, 4.69) is 10.3 Å². The first-order valence-electron chi connectivity index (χ1n) is 5.20. The Morgan fingerprint density at radius 3 is 2.83 bits per heavy atom. The number of nitro groups is 1. The number of hydrogen-bond donors (Lipinski definition) is 1. The van der Waals surface area contributed by atoms with Crippen LogP contribution in [0.25, 0.3) is 0 Å². The maximum Gasteiger partial charge on any atom is 0.271 e. The lowest BCUT2D eigenvalue weighted by Gasteiger charge is -2.09. The van der Waals surface area contributed by atoms with Gasteiger partial charge in [-0.2, -0.15) is 0 Å². The van der Waals surface area contributed by atoms with Crippen molar-refractivity contribution >= 4 is 28.8 Å². The molecule has 92 valence electrons. The summed E-state index contributed by atoms with van der Waals surface area (Å²) in [6, 6.07) is 8.01. The summed E-state index contributed by atoms with van der Waals surface area (Å²) in [6.07, 6.45) is 1.60. The first kappa shape index (κ1) is 12.3. The Hall–Kier alpha value is -2.14. The summed E-state index contributed by atoms with van der Waals surface area (Å²) in [5.41, 5.74) is 1.52. The van der Waals surface area contributed by atoms with E-state index < -0.39 is 4.92 Å². The number of nitrogens with one attached hydrogen (secondary N) is 1. The number of aromatic nitrogens is 1. The molecule has 1 N–H and O–H groups in total. The quantitative estimate of drug-likeness (QED) is 0.677. The second kappa shape index (κ2) is 5.01. The number of aryl methyl sites for hydroxylation is 1. The molecule has 0 radical (unpaired) electrons. The van der Waals surface area contributed by atoms with Gasteiger partial charge in [-0.15, -0.1) is 0 Å². The third-order valence-corrected chi connectivity index (χ3v) is 2.75. The fourth-order valence-electron chi connectivity index (χ4n) is 1.46. The van der Waals surface area contributed by atoms with Gasteiger partial charge in [-0.05, 0) is 24.6 Å². The maximum atomic E-state index is 10.7. The van der Waals surface area contributed by atoms with E-state index in [4.69, 9.17) is 11.6 Å². The fraction of sp³-hybridized carbons (Fsp3) is 0.0833. The predicted molar refractivity (Wildman–Crippen MR) is 70.4 cm³/mol. The summed E-state index contributed by atoms with van der Waals surface area (Å²) in [7, 11) is 0. The van der Waals surface area contributed by atoms with Crippen molar-refractivity contribution in [2.75, 3.05) is 5.32 Å². The van der Waals surface area contributed by atoms with Gasteiger partial charge in [0.05, 0.1) is 9.95 Å². The molecule has 0 spiro atoms. The van der Waals surface area contributed by atoms with Crippen LogP contribution >= 0.6 is 11.6 Å². The van der Waals surface area contributed by atoms with E-state index in [1.807, 2.05) is 6.92 Å². The standard InChI is InChI=1S/C12H10ClN3O2/c1-8-4-5-9(16(17)18)7-11(8)15-12-10(13)3-2-6-14-12/h2-7H,1H3,(H,14,15). The highest BCUT2D eigenvalue weighted by Gasteiger charge is 2.10. The third kappa shape index (κ3) is 2.57. The van der Waals surface area contributed by atoms with E-state index in [1.165, 1.54) is 12.1 Å². The first-order valence-corrected chi connectivity index (χ1v) is 5.58. The zero-order valence-corrected chi connectivity index (χ0v) is 10.3. The minimum atomic E-state index is -0.440. The van der Waals surface area contributed by atoms with Gasteiger partial charge in [-0.25, -0.2) is 4.98 Å². The highest BCUT2D eigenvalue weighted by Crippen LogP contribution is 2.27. The molecule has 0 amide bonds. The average Bonchev–Trinajstić information content (AvgIpc) is 2.34. The van der Waals surface area contributed by atoms with E-state index in [9.17, 15) is 10.1 Å². The van der Waals surface area contributed by atoms with E-state index >= 15 is 0 Å². The molecule has 0 fully saturated rings. The topological polar surface area (TPSA) is 68.1 Å².